The lowest BCUT2D eigenvalue weighted by Crippen LogP contribution is -2.25. The molecule has 1 heterocycles. The summed E-state index contributed by atoms with van der Waals surface area (Å²) in [6.45, 7) is 0. The first kappa shape index (κ1) is 16.9. The first-order valence-electron chi connectivity index (χ1n) is 7.60. The summed E-state index contributed by atoms with van der Waals surface area (Å²) in [4.78, 5) is 16.5. The largest absolute Gasteiger partial charge is 0.573 e. The van der Waals surface area contributed by atoms with E-state index in [1.807, 2.05) is 12.1 Å². The third-order valence-corrected chi connectivity index (χ3v) is 3.67. The fourth-order valence-electron chi connectivity index (χ4n) is 2.62. The fraction of sp³-hybridized carbons (Fsp3) is 0.235. The van der Waals surface area contributed by atoms with Gasteiger partial charge in [-0.15, -0.1) is 13.2 Å². The number of carbonyl (C=O) groups excluding carboxylic acids is 1. The van der Waals surface area contributed by atoms with Crippen molar-refractivity contribution in [2.75, 3.05) is 0 Å². The van der Waals surface area contributed by atoms with Crippen LogP contribution in [0.15, 0.2) is 47.7 Å². The van der Waals surface area contributed by atoms with Gasteiger partial charge in [0.25, 0.3) is 5.91 Å². The maximum absolute atomic E-state index is 12.4. The molecule has 1 aromatic carbocycles. The smallest absolute Gasteiger partial charge is 0.405 e. The number of ether oxygens (including phenoxy) is 1. The first-order valence-corrected chi connectivity index (χ1v) is 7.60. The SMILES string of the molecule is O=C(N/N=C1\CCCc2cccnc21)c1ccccc1OC(F)(F)F. The quantitative estimate of drug-likeness (QED) is 0.864. The number of hydrazone groups is 1. The van der Waals surface area contributed by atoms with Gasteiger partial charge in [0.2, 0.25) is 0 Å². The highest BCUT2D eigenvalue weighted by Crippen LogP contribution is 2.26. The van der Waals surface area contributed by atoms with Crippen LogP contribution in [0.1, 0.15) is 34.5 Å². The number of hydrogen-bond acceptors (Lipinski definition) is 4. The molecule has 0 bridgehead atoms. The van der Waals surface area contributed by atoms with Gasteiger partial charge in [0.1, 0.15) is 5.75 Å². The summed E-state index contributed by atoms with van der Waals surface area (Å²) in [6.07, 6.45) is -0.882. The molecular formula is C17H14F3N3O2. The van der Waals surface area contributed by atoms with Gasteiger partial charge >= 0.3 is 6.36 Å². The third kappa shape index (κ3) is 4.14. The Labute approximate surface area is 141 Å². The van der Waals surface area contributed by atoms with Crippen LogP contribution in [-0.4, -0.2) is 23.0 Å². The maximum atomic E-state index is 12.4. The number of aromatic nitrogens is 1. The van der Waals surface area contributed by atoms with Gasteiger partial charge in [0.05, 0.1) is 17.0 Å². The highest BCUT2D eigenvalue weighted by molar-refractivity contribution is 6.03. The molecule has 1 N–H and O–H groups in total. The number of para-hydroxylation sites is 1. The average Bonchev–Trinajstić information content (AvgIpc) is 2.58. The lowest BCUT2D eigenvalue weighted by Gasteiger charge is -2.16. The number of fused-ring (bicyclic) bond motifs is 1. The second kappa shape index (κ2) is 6.92. The molecule has 0 radical (unpaired) electrons. The minimum absolute atomic E-state index is 0.249. The molecule has 130 valence electrons. The minimum atomic E-state index is -4.88. The summed E-state index contributed by atoms with van der Waals surface area (Å²) in [5.41, 5.74) is 4.38. The number of nitrogens with zero attached hydrogens (tertiary/aromatic N) is 2. The molecule has 5 nitrogen and oxygen atoms in total. The first-order chi connectivity index (χ1) is 11.9. The van der Waals surface area contributed by atoms with Gasteiger partial charge in [0, 0.05) is 6.20 Å². The molecule has 1 aromatic heterocycles. The number of pyridine rings is 1. The van der Waals surface area contributed by atoms with Crippen LogP contribution in [0.3, 0.4) is 0 Å². The molecule has 0 aliphatic heterocycles. The number of carbonyl (C=O) groups is 1. The summed E-state index contributed by atoms with van der Waals surface area (Å²) in [6, 6.07) is 8.88. The van der Waals surface area contributed by atoms with Crippen LogP contribution in [0.25, 0.3) is 0 Å². The Bertz CT molecular complexity index is 819. The van der Waals surface area contributed by atoms with E-state index in [9.17, 15) is 18.0 Å². The Morgan fingerprint density at radius 1 is 1.16 bits per heavy atom. The third-order valence-electron chi connectivity index (χ3n) is 3.67. The van der Waals surface area contributed by atoms with E-state index in [2.05, 4.69) is 20.2 Å². The summed E-state index contributed by atoms with van der Waals surface area (Å²) < 4.78 is 41.2. The van der Waals surface area contributed by atoms with Crippen LogP contribution in [0.2, 0.25) is 0 Å². The molecule has 1 aliphatic carbocycles. The monoisotopic (exact) mass is 349 g/mol. The highest BCUT2D eigenvalue weighted by atomic mass is 19.4. The van der Waals surface area contributed by atoms with Crippen LogP contribution in [-0.2, 0) is 6.42 Å². The van der Waals surface area contributed by atoms with Crippen LogP contribution in [0.5, 0.6) is 5.75 Å². The molecule has 0 saturated heterocycles. The highest BCUT2D eigenvalue weighted by Gasteiger charge is 2.32. The standard InChI is InChI=1S/C17H14F3N3O2/c18-17(19,20)25-14-9-2-1-7-12(14)16(24)23-22-13-8-3-5-11-6-4-10-21-15(11)13/h1-2,4,6-7,9-10H,3,5,8H2,(H,23,24)/b22-13+. The molecule has 25 heavy (non-hydrogen) atoms. The Morgan fingerprint density at radius 2 is 1.96 bits per heavy atom. The molecule has 2 aromatic rings. The number of aryl methyl sites for hydroxylation is 1. The van der Waals surface area contributed by atoms with Crippen molar-refractivity contribution < 1.29 is 22.7 Å². The second-order valence-electron chi connectivity index (χ2n) is 5.41. The molecule has 0 atom stereocenters. The summed E-state index contributed by atoms with van der Waals surface area (Å²) in [5.74, 6) is -1.36. The van der Waals surface area contributed by atoms with E-state index in [-0.39, 0.29) is 5.56 Å². The van der Waals surface area contributed by atoms with Crippen molar-refractivity contribution in [1.82, 2.24) is 10.4 Å². The molecule has 1 amide bonds. The van der Waals surface area contributed by atoms with Crippen molar-refractivity contribution in [3.63, 3.8) is 0 Å². The van der Waals surface area contributed by atoms with Gasteiger partial charge in [-0.1, -0.05) is 18.2 Å². The average molecular weight is 349 g/mol. The van der Waals surface area contributed by atoms with E-state index in [0.717, 1.165) is 24.5 Å². The number of nitrogens with one attached hydrogen (secondary N) is 1. The van der Waals surface area contributed by atoms with Gasteiger partial charge in [-0.3, -0.25) is 9.78 Å². The van der Waals surface area contributed by atoms with Crippen molar-refractivity contribution in [3.05, 3.63) is 59.4 Å². The van der Waals surface area contributed by atoms with E-state index in [0.29, 0.717) is 17.8 Å². The van der Waals surface area contributed by atoms with Gasteiger partial charge in [-0.25, -0.2) is 5.43 Å². The van der Waals surface area contributed by atoms with Gasteiger partial charge in [-0.05, 0) is 43.0 Å². The molecule has 0 spiro atoms. The number of halogens is 3. The summed E-state index contributed by atoms with van der Waals surface area (Å²) in [5, 5.41) is 4.06. The lowest BCUT2D eigenvalue weighted by molar-refractivity contribution is -0.274. The van der Waals surface area contributed by atoms with Crippen molar-refractivity contribution in [2.45, 2.75) is 25.6 Å². The predicted octanol–water partition coefficient (Wildman–Crippen LogP) is 3.45. The van der Waals surface area contributed by atoms with Crippen LogP contribution in [0.4, 0.5) is 13.2 Å². The van der Waals surface area contributed by atoms with E-state index in [1.165, 1.54) is 18.2 Å². The minimum Gasteiger partial charge on any atom is -0.405 e. The van der Waals surface area contributed by atoms with E-state index >= 15 is 0 Å². The number of hydrogen-bond donors (Lipinski definition) is 1. The van der Waals surface area contributed by atoms with Crippen LogP contribution < -0.4 is 10.2 Å². The Kier molecular flexibility index (Phi) is 4.69. The molecule has 1 aliphatic rings. The number of rotatable bonds is 3. The van der Waals surface area contributed by atoms with E-state index < -0.39 is 18.0 Å². The molecular weight excluding hydrogens is 335 g/mol. The maximum Gasteiger partial charge on any atom is 0.573 e. The predicted molar refractivity (Wildman–Crippen MR) is 84.3 cm³/mol. The Balaban J connectivity index is 1.80. The zero-order valence-electron chi connectivity index (χ0n) is 13.0. The van der Waals surface area contributed by atoms with Crippen molar-refractivity contribution in [1.29, 1.82) is 0 Å². The van der Waals surface area contributed by atoms with Gasteiger partial charge in [-0.2, -0.15) is 5.10 Å². The summed E-state index contributed by atoms with van der Waals surface area (Å²) >= 11 is 0. The zero-order chi connectivity index (χ0) is 17.9. The lowest BCUT2D eigenvalue weighted by atomic mass is 9.95. The van der Waals surface area contributed by atoms with Gasteiger partial charge < -0.3 is 4.74 Å². The molecule has 0 fully saturated rings. The molecule has 0 unspecified atom stereocenters. The Hall–Kier alpha value is -2.90. The zero-order valence-corrected chi connectivity index (χ0v) is 13.0. The summed E-state index contributed by atoms with van der Waals surface area (Å²) in [7, 11) is 0. The molecule has 0 saturated carbocycles. The van der Waals surface area contributed by atoms with Crippen molar-refractivity contribution in [2.24, 2.45) is 5.10 Å². The topological polar surface area (TPSA) is 63.6 Å². The van der Waals surface area contributed by atoms with E-state index in [4.69, 9.17) is 0 Å². The normalized spacial score (nSPS) is 15.6. The second-order valence-corrected chi connectivity index (χ2v) is 5.41. The molecule has 3 rings (SSSR count). The fourth-order valence-corrected chi connectivity index (χ4v) is 2.62. The van der Waals surface area contributed by atoms with Crippen LogP contribution in [0, 0.1) is 0 Å². The number of amides is 1. The van der Waals surface area contributed by atoms with Crippen molar-refractivity contribution >= 4 is 11.6 Å². The van der Waals surface area contributed by atoms with Gasteiger partial charge in [0.15, 0.2) is 0 Å². The number of alkyl halides is 3. The van der Waals surface area contributed by atoms with Crippen molar-refractivity contribution in [3.8, 4) is 5.75 Å². The van der Waals surface area contributed by atoms with E-state index in [1.54, 1.807) is 6.20 Å². The Morgan fingerprint density at radius 3 is 2.76 bits per heavy atom. The molecule has 8 heteroatoms. The van der Waals surface area contributed by atoms with Crippen LogP contribution >= 0.6 is 0 Å². The number of benzene rings is 1.